The third-order valence-electron chi connectivity index (χ3n) is 6.99. The van der Waals surface area contributed by atoms with Gasteiger partial charge in [0.05, 0.1) is 0 Å². The lowest BCUT2D eigenvalue weighted by atomic mass is 9.80. The van der Waals surface area contributed by atoms with E-state index in [4.69, 9.17) is 0 Å². The lowest BCUT2D eigenvalue weighted by Gasteiger charge is -2.24. The predicted octanol–water partition coefficient (Wildman–Crippen LogP) is 7.09. The first kappa shape index (κ1) is 19.7. The van der Waals surface area contributed by atoms with E-state index in [9.17, 15) is 0 Å². The molecular formula is C29H28N2. The Morgan fingerprint density at radius 1 is 0.613 bits per heavy atom. The van der Waals surface area contributed by atoms with Gasteiger partial charge in [0.15, 0.2) is 0 Å². The summed E-state index contributed by atoms with van der Waals surface area (Å²) in [7, 11) is 0. The second kappa shape index (κ2) is 7.46. The van der Waals surface area contributed by atoms with Crippen LogP contribution in [-0.4, -0.2) is 9.97 Å². The highest BCUT2D eigenvalue weighted by atomic mass is 14.7. The summed E-state index contributed by atoms with van der Waals surface area (Å²) in [6.07, 6.45) is 3.76. The molecule has 2 aromatic heterocycles. The van der Waals surface area contributed by atoms with Crippen LogP contribution in [0, 0.1) is 0 Å². The van der Waals surface area contributed by atoms with E-state index >= 15 is 0 Å². The van der Waals surface area contributed by atoms with Crippen LogP contribution in [0.15, 0.2) is 85.2 Å². The maximum absolute atomic E-state index is 4.58. The molecule has 4 aromatic rings. The number of hydrogen-bond donors (Lipinski definition) is 0. The summed E-state index contributed by atoms with van der Waals surface area (Å²) < 4.78 is 0. The van der Waals surface area contributed by atoms with Gasteiger partial charge in [0.1, 0.15) is 0 Å². The molecule has 1 aliphatic rings. The van der Waals surface area contributed by atoms with E-state index in [2.05, 4.69) is 98.3 Å². The number of fused-ring (bicyclic) bond motifs is 3. The molecule has 31 heavy (non-hydrogen) atoms. The van der Waals surface area contributed by atoms with Crippen LogP contribution >= 0.6 is 0 Å². The van der Waals surface area contributed by atoms with Gasteiger partial charge in [0.25, 0.3) is 0 Å². The Balaban J connectivity index is 1.54. The maximum atomic E-state index is 4.58. The average Bonchev–Trinajstić information content (AvgIpc) is 3.05. The zero-order valence-corrected chi connectivity index (χ0v) is 18.6. The Labute approximate surface area is 185 Å². The highest BCUT2D eigenvalue weighted by Gasteiger charge is 2.36. The van der Waals surface area contributed by atoms with Gasteiger partial charge in [0, 0.05) is 41.0 Å². The molecule has 2 nitrogen and oxygen atoms in total. The lowest BCUT2D eigenvalue weighted by Crippen LogP contribution is -2.16. The van der Waals surface area contributed by atoms with Gasteiger partial charge in [-0.3, -0.25) is 9.97 Å². The van der Waals surface area contributed by atoms with Gasteiger partial charge in [0.2, 0.25) is 0 Å². The van der Waals surface area contributed by atoms with Crippen LogP contribution in [0.4, 0.5) is 0 Å². The molecule has 2 heteroatoms. The molecule has 0 amide bonds. The smallest absolute Gasteiger partial charge is 0.0475 e. The highest BCUT2D eigenvalue weighted by Crippen LogP contribution is 2.50. The van der Waals surface area contributed by atoms with Crippen LogP contribution in [0.5, 0.6) is 0 Å². The van der Waals surface area contributed by atoms with E-state index in [0.717, 1.165) is 11.4 Å². The fraction of sp³-hybridized carbons (Fsp3) is 0.241. The normalized spacial score (nSPS) is 15.7. The molecule has 0 radical (unpaired) electrons. The van der Waals surface area contributed by atoms with Crippen LogP contribution in [0.25, 0.3) is 11.1 Å². The van der Waals surface area contributed by atoms with Crippen molar-refractivity contribution in [1.82, 2.24) is 9.97 Å². The molecular weight excluding hydrogens is 376 g/mol. The van der Waals surface area contributed by atoms with Crippen LogP contribution < -0.4 is 0 Å². The number of rotatable bonds is 4. The first-order valence-electron chi connectivity index (χ1n) is 11.1. The van der Waals surface area contributed by atoms with Crippen LogP contribution in [-0.2, 0) is 5.41 Å². The summed E-state index contributed by atoms with van der Waals surface area (Å²) in [5, 5.41) is 0. The van der Waals surface area contributed by atoms with Crippen molar-refractivity contribution in [3.63, 3.8) is 0 Å². The Hall–Kier alpha value is -3.26. The standard InChI is InChI=1S/C29H28N2/c1-19(27-9-5-7-15-30-27)21-11-13-23-24-14-12-22(20(2)28-10-6-8-16-31-28)18-26(24)29(3,4)25(23)17-21/h5-20H,1-4H3. The summed E-state index contributed by atoms with van der Waals surface area (Å²) >= 11 is 0. The van der Waals surface area contributed by atoms with Crippen LogP contribution in [0.3, 0.4) is 0 Å². The Morgan fingerprint density at radius 2 is 1.06 bits per heavy atom. The second-order valence-electron chi connectivity index (χ2n) is 9.19. The van der Waals surface area contributed by atoms with E-state index in [1.807, 2.05) is 24.5 Å². The molecule has 0 N–H and O–H groups in total. The summed E-state index contributed by atoms with van der Waals surface area (Å²) in [4.78, 5) is 9.16. The van der Waals surface area contributed by atoms with Gasteiger partial charge in [-0.1, -0.05) is 76.2 Å². The average molecular weight is 405 g/mol. The molecule has 0 saturated heterocycles. The predicted molar refractivity (Wildman–Crippen MR) is 128 cm³/mol. The number of benzene rings is 2. The topological polar surface area (TPSA) is 25.8 Å². The monoisotopic (exact) mass is 404 g/mol. The second-order valence-corrected chi connectivity index (χ2v) is 9.19. The zero-order chi connectivity index (χ0) is 21.6. The number of pyridine rings is 2. The summed E-state index contributed by atoms with van der Waals surface area (Å²) in [6, 6.07) is 26.3. The van der Waals surface area contributed by atoms with Gasteiger partial charge in [-0.25, -0.2) is 0 Å². The molecule has 1 aliphatic carbocycles. The van der Waals surface area contributed by atoms with Gasteiger partial charge in [-0.05, 0) is 57.6 Å². The van der Waals surface area contributed by atoms with Gasteiger partial charge >= 0.3 is 0 Å². The van der Waals surface area contributed by atoms with Crippen molar-refractivity contribution in [1.29, 1.82) is 0 Å². The summed E-state index contributed by atoms with van der Waals surface area (Å²) in [5.41, 5.74) is 10.4. The first-order chi connectivity index (χ1) is 15.0. The van der Waals surface area contributed by atoms with E-state index < -0.39 is 0 Å². The van der Waals surface area contributed by atoms with E-state index in [0.29, 0.717) is 0 Å². The highest BCUT2D eigenvalue weighted by molar-refractivity contribution is 5.81. The number of aromatic nitrogens is 2. The Morgan fingerprint density at radius 3 is 1.45 bits per heavy atom. The van der Waals surface area contributed by atoms with E-state index in [-0.39, 0.29) is 17.3 Å². The third kappa shape index (κ3) is 3.27. The van der Waals surface area contributed by atoms with Crippen molar-refractivity contribution in [3.8, 4) is 11.1 Å². The van der Waals surface area contributed by atoms with Crippen molar-refractivity contribution in [2.24, 2.45) is 0 Å². The Kier molecular flexibility index (Phi) is 4.74. The fourth-order valence-corrected chi connectivity index (χ4v) is 4.92. The van der Waals surface area contributed by atoms with Crippen molar-refractivity contribution in [3.05, 3.63) is 119 Å². The van der Waals surface area contributed by atoms with Crippen LogP contribution in [0.1, 0.15) is 73.2 Å². The molecule has 0 aliphatic heterocycles. The minimum Gasteiger partial charge on any atom is -0.261 e. The molecule has 2 atom stereocenters. The van der Waals surface area contributed by atoms with Gasteiger partial charge in [-0.15, -0.1) is 0 Å². The minimum atomic E-state index is -0.0373. The van der Waals surface area contributed by atoms with Crippen molar-refractivity contribution in [2.75, 3.05) is 0 Å². The van der Waals surface area contributed by atoms with Crippen LogP contribution in [0.2, 0.25) is 0 Å². The molecule has 0 bridgehead atoms. The summed E-state index contributed by atoms with van der Waals surface area (Å²) in [6.45, 7) is 9.18. The molecule has 2 aromatic carbocycles. The lowest BCUT2D eigenvalue weighted by molar-refractivity contribution is 0.656. The van der Waals surface area contributed by atoms with Crippen molar-refractivity contribution < 1.29 is 0 Å². The number of nitrogens with zero attached hydrogens (tertiary/aromatic N) is 2. The Bertz CT molecular complexity index is 1130. The first-order valence-corrected chi connectivity index (χ1v) is 11.1. The van der Waals surface area contributed by atoms with E-state index in [1.165, 1.54) is 33.4 Å². The van der Waals surface area contributed by atoms with Crippen molar-refractivity contribution in [2.45, 2.75) is 44.9 Å². The molecule has 2 unspecified atom stereocenters. The minimum absolute atomic E-state index is 0.0373. The van der Waals surface area contributed by atoms with Crippen molar-refractivity contribution >= 4 is 0 Å². The molecule has 0 fully saturated rings. The van der Waals surface area contributed by atoms with E-state index in [1.54, 1.807) is 0 Å². The maximum Gasteiger partial charge on any atom is 0.0475 e. The molecule has 5 rings (SSSR count). The van der Waals surface area contributed by atoms with Gasteiger partial charge < -0.3 is 0 Å². The quantitative estimate of drug-likeness (QED) is 0.363. The molecule has 154 valence electrons. The molecule has 0 spiro atoms. The molecule has 2 heterocycles. The molecule has 0 saturated carbocycles. The largest absolute Gasteiger partial charge is 0.261 e. The zero-order valence-electron chi connectivity index (χ0n) is 18.6. The summed E-state index contributed by atoms with van der Waals surface area (Å²) in [5.74, 6) is 0.538. The fourth-order valence-electron chi connectivity index (χ4n) is 4.92. The number of hydrogen-bond acceptors (Lipinski definition) is 2. The third-order valence-corrected chi connectivity index (χ3v) is 6.99. The SMILES string of the molecule is CC(c1ccc2c(c1)C(C)(C)c1cc(C(C)c3ccccn3)ccc1-2)c1ccccn1. The van der Waals surface area contributed by atoms with Gasteiger partial charge in [-0.2, -0.15) is 0 Å².